The fourth-order valence-corrected chi connectivity index (χ4v) is 2.08. The van der Waals surface area contributed by atoms with Crippen molar-refractivity contribution >= 4 is 22.5 Å². The second kappa shape index (κ2) is 6.86. The first-order valence-electron chi connectivity index (χ1n) is 6.91. The topological polar surface area (TPSA) is 80.0 Å². The van der Waals surface area contributed by atoms with Crippen molar-refractivity contribution in [3.63, 3.8) is 0 Å². The number of hydrogen-bond acceptors (Lipinski definition) is 4. The van der Waals surface area contributed by atoms with Gasteiger partial charge in [0.15, 0.2) is 0 Å². The van der Waals surface area contributed by atoms with Crippen molar-refractivity contribution in [1.82, 2.24) is 10.3 Å². The Bertz CT molecular complexity index is 597. The van der Waals surface area contributed by atoms with Crippen LogP contribution in [0.1, 0.15) is 36.7 Å². The smallest absolute Gasteiger partial charge is 0.269 e. The van der Waals surface area contributed by atoms with Crippen LogP contribution in [0.3, 0.4) is 0 Å². The van der Waals surface area contributed by atoms with Crippen LogP contribution in [0.4, 0.5) is 5.69 Å². The van der Waals surface area contributed by atoms with Gasteiger partial charge in [-0.25, -0.2) is 4.98 Å². The minimum atomic E-state index is -0.164. The molecule has 4 N–H and O–H groups in total. The molecule has 0 unspecified atom stereocenters. The number of carbonyl (C=O) groups is 1. The number of benzene rings is 1. The minimum Gasteiger partial charge on any atom is -0.351 e. The Morgan fingerprint density at radius 3 is 2.85 bits per heavy atom. The third kappa shape index (κ3) is 3.24. The molecule has 1 heterocycles. The zero-order valence-corrected chi connectivity index (χ0v) is 11.6. The van der Waals surface area contributed by atoms with Gasteiger partial charge in [0.2, 0.25) is 0 Å². The van der Waals surface area contributed by atoms with E-state index < -0.39 is 0 Å². The summed E-state index contributed by atoms with van der Waals surface area (Å²) in [7, 11) is 0. The lowest BCUT2D eigenvalue weighted by molar-refractivity contribution is 0.0948. The lowest BCUT2D eigenvalue weighted by atomic mass is 10.1. The number of pyridine rings is 1. The Hall–Kier alpha value is -2.14. The lowest BCUT2D eigenvalue weighted by Crippen LogP contribution is -2.25. The Labute approximate surface area is 118 Å². The monoisotopic (exact) mass is 272 g/mol. The molecule has 0 fully saturated rings. The Balaban J connectivity index is 2.19. The molecule has 1 aromatic carbocycles. The van der Waals surface area contributed by atoms with Gasteiger partial charge in [-0.2, -0.15) is 0 Å². The molecule has 0 atom stereocenters. The minimum absolute atomic E-state index is 0.164. The highest BCUT2D eigenvalue weighted by Gasteiger charge is 2.10. The van der Waals surface area contributed by atoms with Gasteiger partial charge >= 0.3 is 0 Å². The number of unbranched alkanes of at least 4 members (excludes halogenated alkanes) is 2. The van der Waals surface area contributed by atoms with Crippen LogP contribution in [-0.4, -0.2) is 17.4 Å². The largest absolute Gasteiger partial charge is 0.351 e. The summed E-state index contributed by atoms with van der Waals surface area (Å²) < 4.78 is 0. The van der Waals surface area contributed by atoms with Crippen LogP contribution in [0.15, 0.2) is 30.3 Å². The first-order valence-corrected chi connectivity index (χ1v) is 6.91. The molecule has 5 nitrogen and oxygen atoms in total. The second-order valence-electron chi connectivity index (χ2n) is 4.68. The molecule has 0 saturated heterocycles. The Kier molecular flexibility index (Phi) is 4.90. The number of nitrogen functional groups attached to an aromatic ring is 1. The molecule has 20 heavy (non-hydrogen) atoms. The number of hydrazine groups is 1. The molecule has 106 valence electrons. The van der Waals surface area contributed by atoms with E-state index in [0.717, 1.165) is 30.2 Å². The summed E-state index contributed by atoms with van der Waals surface area (Å²) in [6.07, 6.45) is 3.23. The zero-order chi connectivity index (χ0) is 14.4. The maximum Gasteiger partial charge on any atom is 0.269 e. The summed E-state index contributed by atoms with van der Waals surface area (Å²) in [5, 5.41) is 3.78. The van der Waals surface area contributed by atoms with Crippen LogP contribution < -0.4 is 16.6 Å². The van der Waals surface area contributed by atoms with Crippen molar-refractivity contribution in [3.8, 4) is 0 Å². The van der Waals surface area contributed by atoms with Crippen LogP contribution in [0.25, 0.3) is 10.9 Å². The second-order valence-corrected chi connectivity index (χ2v) is 4.68. The number of nitrogens with zero attached hydrogens (tertiary/aromatic N) is 1. The highest BCUT2D eigenvalue weighted by molar-refractivity contribution is 5.99. The van der Waals surface area contributed by atoms with Crippen molar-refractivity contribution in [1.29, 1.82) is 0 Å². The van der Waals surface area contributed by atoms with Crippen molar-refractivity contribution in [2.45, 2.75) is 26.2 Å². The normalized spacial score (nSPS) is 10.5. The molecule has 1 aromatic heterocycles. The van der Waals surface area contributed by atoms with E-state index in [0.29, 0.717) is 17.9 Å². The highest BCUT2D eigenvalue weighted by atomic mass is 16.1. The zero-order valence-electron chi connectivity index (χ0n) is 11.6. The van der Waals surface area contributed by atoms with Gasteiger partial charge in [-0.3, -0.25) is 10.6 Å². The number of carbonyl (C=O) groups excluding carboxylic acids is 1. The maximum atomic E-state index is 12.1. The van der Waals surface area contributed by atoms with E-state index in [1.807, 2.05) is 24.3 Å². The molecule has 0 aliphatic carbocycles. The molecule has 0 aliphatic heterocycles. The van der Waals surface area contributed by atoms with Gasteiger partial charge in [0, 0.05) is 11.9 Å². The summed E-state index contributed by atoms with van der Waals surface area (Å²) in [6.45, 7) is 2.80. The quantitative estimate of drug-likeness (QED) is 0.428. The number of aromatic nitrogens is 1. The molecular formula is C15H20N4O. The van der Waals surface area contributed by atoms with Gasteiger partial charge in [-0.05, 0) is 18.6 Å². The molecule has 2 rings (SSSR count). The van der Waals surface area contributed by atoms with Gasteiger partial charge < -0.3 is 10.7 Å². The van der Waals surface area contributed by atoms with Gasteiger partial charge in [0.05, 0.1) is 11.2 Å². The molecule has 0 spiro atoms. The van der Waals surface area contributed by atoms with Crippen LogP contribution in [-0.2, 0) is 0 Å². The number of fused-ring (bicyclic) bond motifs is 1. The maximum absolute atomic E-state index is 12.1. The summed E-state index contributed by atoms with van der Waals surface area (Å²) in [4.78, 5) is 16.5. The van der Waals surface area contributed by atoms with Gasteiger partial charge in [0.1, 0.15) is 5.69 Å². The number of nitrogens with one attached hydrogen (secondary N) is 2. The lowest BCUT2D eigenvalue weighted by Gasteiger charge is -2.09. The predicted molar refractivity (Wildman–Crippen MR) is 81.4 cm³/mol. The van der Waals surface area contributed by atoms with Crippen molar-refractivity contribution in [2.75, 3.05) is 12.0 Å². The summed E-state index contributed by atoms with van der Waals surface area (Å²) >= 11 is 0. The van der Waals surface area contributed by atoms with E-state index in [-0.39, 0.29) is 5.91 Å². The fraction of sp³-hybridized carbons (Fsp3) is 0.333. The molecule has 0 bridgehead atoms. The molecule has 5 heteroatoms. The van der Waals surface area contributed by atoms with E-state index in [1.165, 1.54) is 0 Å². The van der Waals surface area contributed by atoms with Crippen LogP contribution in [0, 0.1) is 0 Å². The van der Waals surface area contributed by atoms with Gasteiger partial charge in [-0.15, -0.1) is 0 Å². The van der Waals surface area contributed by atoms with Crippen LogP contribution in [0.5, 0.6) is 0 Å². The average Bonchev–Trinajstić information content (AvgIpc) is 2.50. The standard InChI is InChI=1S/C15H20N4O/c1-2-3-6-9-17-15(20)14-10-13(19-16)11-7-4-5-8-12(11)18-14/h4-5,7-8,10H,2-3,6,9,16H2,1H3,(H,17,20)(H,18,19). The van der Waals surface area contributed by atoms with E-state index in [1.54, 1.807) is 6.07 Å². The third-order valence-corrected chi connectivity index (χ3v) is 3.17. The number of anilines is 1. The number of nitrogens with two attached hydrogens (primary N) is 1. The summed E-state index contributed by atoms with van der Waals surface area (Å²) in [5.41, 5.74) is 4.46. The molecule has 0 radical (unpaired) electrons. The van der Waals surface area contributed by atoms with Crippen molar-refractivity contribution in [3.05, 3.63) is 36.0 Å². The molecule has 0 saturated carbocycles. The first-order chi connectivity index (χ1) is 9.76. The molecule has 1 amide bonds. The summed E-state index contributed by atoms with van der Waals surface area (Å²) in [6, 6.07) is 9.26. The fourth-order valence-electron chi connectivity index (χ4n) is 2.08. The van der Waals surface area contributed by atoms with E-state index in [9.17, 15) is 4.79 Å². The number of para-hydroxylation sites is 1. The van der Waals surface area contributed by atoms with E-state index >= 15 is 0 Å². The van der Waals surface area contributed by atoms with E-state index in [4.69, 9.17) is 5.84 Å². The molecular weight excluding hydrogens is 252 g/mol. The van der Waals surface area contributed by atoms with Crippen molar-refractivity contribution in [2.24, 2.45) is 5.84 Å². The summed E-state index contributed by atoms with van der Waals surface area (Å²) in [5.74, 6) is 5.35. The van der Waals surface area contributed by atoms with Gasteiger partial charge in [-0.1, -0.05) is 38.0 Å². The molecule has 2 aromatic rings. The van der Waals surface area contributed by atoms with Crippen LogP contribution in [0.2, 0.25) is 0 Å². The predicted octanol–water partition coefficient (Wildman–Crippen LogP) is 2.44. The molecule has 0 aliphatic rings. The number of hydrogen-bond donors (Lipinski definition) is 3. The van der Waals surface area contributed by atoms with Crippen LogP contribution >= 0.6 is 0 Å². The number of amides is 1. The van der Waals surface area contributed by atoms with E-state index in [2.05, 4.69) is 22.7 Å². The Morgan fingerprint density at radius 1 is 1.30 bits per heavy atom. The van der Waals surface area contributed by atoms with Crippen molar-refractivity contribution < 1.29 is 4.79 Å². The van der Waals surface area contributed by atoms with Gasteiger partial charge in [0.25, 0.3) is 5.91 Å². The highest BCUT2D eigenvalue weighted by Crippen LogP contribution is 2.22. The third-order valence-electron chi connectivity index (χ3n) is 3.17. The first kappa shape index (κ1) is 14.3. The average molecular weight is 272 g/mol. The Morgan fingerprint density at radius 2 is 2.10 bits per heavy atom. The number of rotatable bonds is 6. The SMILES string of the molecule is CCCCCNC(=O)c1cc(NN)c2ccccc2n1.